The predicted molar refractivity (Wildman–Crippen MR) is 65.1 cm³/mol. The van der Waals surface area contributed by atoms with Gasteiger partial charge in [0.15, 0.2) is 0 Å². The molecule has 0 bridgehead atoms. The maximum atomic E-state index is 5.88. The molecule has 0 unspecified atom stereocenters. The number of rotatable bonds is 4. The Hall–Kier alpha value is -0.0800. The molecule has 1 atom stereocenters. The number of hydrogen-bond acceptors (Lipinski definition) is 2. The van der Waals surface area contributed by atoms with E-state index in [1.807, 2.05) is 0 Å². The zero-order valence-electron chi connectivity index (χ0n) is 11.2. The van der Waals surface area contributed by atoms with Gasteiger partial charge in [0.1, 0.15) is 0 Å². The summed E-state index contributed by atoms with van der Waals surface area (Å²) in [7, 11) is 0. The fourth-order valence-corrected chi connectivity index (χ4v) is 1.69. The fourth-order valence-electron chi connectivity index (χ4n) is 1.69. The SMILES string of the molecule is CC(C)(C)N[C@H](COC(C)(C)C)C1CC1. The standard InChI is InChI=1S/C13H27NO/c1-12(2,3)14-11(10-7-8-10)9-15-13(4,5)6/h10-11,14H,7-9H2,1-6H3/t11-/m1/s1. The lowest BCUT2D eigenvalue weighted by atomic mass is 10.0. The van der Waals surface area contributed by atoms with Crippen LogP contribution >= 0.6 is 0 Å². The molecule has 0 aliphatic heterocycles. The van der Waals surface area contributed by atoms with E-state index in [1.54, 1.807) is 0 Å². The monoisotopic (exact) mass is 213 g/mol. The lowest BCUT2D eigenvalue weighted by molar-refractivity contribution is -0.0203. The third-order valence-electron chi connectivity index (χ3n) is 2.51. The van der Waals surface area contributed by atoms with E-state index in [0.29, 0.717) is 6.04 Å². The molecule has 1 fully saturated rings. The molecule has 1 rings (SSSR count). The highest BCUT2D eigenvalue weighted by atomic mass is 16.5. The van der Waals surface area contributed by atoms with Crippen LogP contribution in [0.1, 0.15) is 54.4 Å². The average molecular weight is 213 g/mol. The van der Waals surface area contributed by atoms with Crippen molar-refractivity contribution in [3.05, 3.63) is 0 Å². The summed E-state index contributed by atoms with van der Waals surface area (Å²) in [5.74, 6) is 0.839. The van der Waals surface area contributed by atoms with Gasteiger partial charge in [-0.2, -0.15) is 0 Å². The van der Waals surface area contributed by atoms with Gasteiger partial charge in [-0.1, -0.05) is 0 Å². The first-order valence-electron chi connectivity index (χ1n) is 6.09. The van der Waals surface area contributed by atoms with Gasteiger partial charge in [-0.25, -0.2) is 0 Å². The summed E-state index contributed by atoms with van der Waals surface area (Å²) in [5.41, 5.74) is 0.168. The minimum absolute atomic E-state index is 0.0211. The van der Waals surface area contributed by atoms with Crippen molar-refractivity contribution < 1.29 is 4.74 Å². The second-order valence-corrected chi connectivity index (χ2v) is 6.76. The summed E-state index contributed by atoms with van der Waals surface area (Å²) in [4.78, 5) is 0. The Kier molecular flexibility index (Phi) is 3.83. The molecular weight excluding hydrogens is 186 g/mol. The largest absolute Gasteiger partial charge is 0.374 e. The Morgan fingerprint density at radius 2 is 1.67 bits per heavy atom. The molecule has 0 aromatic carbocycles. The zero-order chi connectivity index (χ0) is 11.7. The molecule has 0 spiro atoms. The molecule has 2 nitrogen and oxygen atoms in total. The van der Waals surface area contributed by atoms with Gasteiger partial charge in [0.2, 0.25) is 0 Å². The number of hydrogen-bond donors (Lipinski definition) is 1. The van der Waals surface area contributed by atoms with Crippen molar-refractivity contribution in [2.45, 2.75) is 71.6 Å². The lowest BCUT2D eigenvalue weighted by Crippen LogP contribution is -2.48. The Morgan fingerprint density at radius 3 is 2.00 bits per heavy atom. The van der Waals surface area contributed by atoms with Gasteiger partial charge in [-0.15, -0.1) is 0 Å². The summed E-state index contributed by atoms with van der Waals surface area (Å²) < 4.78 is 5.88. The minimum atomic E-state index is -0.0211. The van der Waals surface area contributed by atoms with Crippen LogP contribution in [-0.4, -0.2) is 23.8 Å². The smallest absolute Gasteiger partial charge is 0.0629 e. The maximum absolute atomic E-state index is 5.88. The Balaban J connectivity index is 2.38. The second kappa shape index (κ2) is 4.42. The van der Waals surface area contributed by atoms with E-state index in [9.17, 15) is 0 Å². The van der Waals surface area contributed by atoms with Crippen LogP contribution in [0.2, 0.25) is 0 Å². The molecule has 2 heteroatoms. The van der Waals surface area contributed by atoms with Crippen molar-refractivity contribution in [1.82, 2.24) is 5.32 Å². The highest BCUT2D eigenvalue weighted by Crippen LogP contribution is 2.34. The first kappa shape index (κ1) is 13.0. The average Bonchev–Trinajstić information content (AvgIpc) is 2.75. The van der Waals surface area contributed by atoms with Crippen molar-refractivity contribution in [2.75, 3.05) is 6.61 Å². The summed E-state index contributed by atoms with van der Waals surface area (Å²) in [6.07, 6.45) is 2.72. The maximum Gasteiger partial charge on any atom is 0.0629 e. The Labute approximate surface area is 94.8 Å². The quantitative estimate of drug-likeness (QED) is 0.775. The third kappa shape index (κ3) is 6.16. The van der Waals surface area contributed by atoms with Crippen LogP contribution in [0.15, 0.2) is 0 Å². The summed E-state index contributed by atoms with van der Waals surface area (Å²) in [6, 6.07) is 0.532. The molecule has 0 heterocycles. The summed E-state index contributed by atoms with van der Waals surface area (Å²) in [6.45, 7) is 13.9. The van der Waals surface area contributed by atoms with E-state index in [4.69, 9.17) is 4.74 Å². The number of ether oxygens (including phenoxy) is 1. The Morgan fingerprint density at radius 1 is 1.13 bits per heavy atom. The van der Waals surface area contributed by atoms with Gasteiger partial charge in [0.25, 0.3) is 0 Å². The minimum Gasteiger partial charge on any atom is -0.374 e. The highest BCUT2D eigenvalue weighted by Gasteiger charge is 2.34. The molecule has 0 aromatic heterocycles. The van der Waals surface area contributed by atoms with E-state index in [-0.39, 0.29) is 11.1 Å². The molecule has 15 heavy (non-hydrogen) atoms. The first-order valence-corrected chi connectivity index (χ1v) is 6.09. The summed E-state index contributed by atoms with van der Waals surface area (Å²) >= 11 is 0. The fraction of sp³-hybridized carbons (Fsp3) is 1.00. The molecule has 1 N–H and O–H groups in total. The van der Waals surface area contributed by atoms with E-state index in [2.05, 4.69) is 46.9 Å². The number of nitrogens with one attached hydrogen (secondary N) is 1. The van der Waals surface area contributed by atoms with E-state index < -0.39 is 0 Å². The molecule has 1 aliphatic carbocycles. The van der Waals surface area contributed by atoms with E-state index in [0.717, 1.165) is 12.5 Å². The van der Waals surface area contributed by atoms with Crippen molar-refractivity contribution in [3.63, 3.8) is 0 Å². The topological polar surface area (TPSA) is 21.3 Å². The molecule has 0 radical (unpaired) electrons. The molecule has 0 aromatic rings. The molecule has 90 valence electrons. The van der Waals surface area contributed by atoms with Crippen LogP contribution in [0.4, 0.5) is 0 Å². The Bertz CT molecular complexity index is 196. The zero-order valence-corrected chi connectivity index (χ0v) is 11.2. The lowest BCUT2D eigenvalue weighted by Gasteiger charge is -2.31. The van der Waals surface area contributed by atoms with Crippen molar-refractivity contribution >= 4 is 0 Å². The van der Waals surface area contributed by atoms with Crippen molar-refractivity contribution in [1.29, 1.82) is 0 Å². The van der Waals surface area contributed by atoms with Crippen LogP contribution in [0, 0.1) is 5.92 Å². The van der Waals surface area contributed by atoms with Crippen LogP contribution in [0.3, 0.4) is 0 Å². The van der Waals surface area contributed by atoms with Gasteiger partial charge >= 0.3 is 0 Å². The second-order valence-electron chi connectivity index (χ2n) is 6.76. The molecule has 1 saturated carbocycles. The molecule has 1 aliphatic rings. The predicted octanol–water partition coefficient (Wildman–Crippen LogP) is 2.97. The van der Waals surface area contributed by atoms with Crippen LogP contribution in [0.5, 0.6) is 0 Å². The van der Waals surface area contributed by atoms with Crippen LogP contribution in [0.25, 0.3) is 0 Å². The van der Waals surface area contributed by atoms with E-state index >= 15 is 0 Å². The van der Waals surface area contributed by atoms with Crippen LogP contribution < -0.4 is 5.32 Å². The van der Waals surface area contributed by atoms with E-state index in [1.165, 1.54) is 12.8 Å². The summed E-state index contributed by atoms with van der Waals surface area (Å²) in [5, 5.41) is 3.67. The highest BCUT2D eigenvalue weighted by molar-refractivity contribution is 4.90. The van der Waals surface area contributed by atoms with Gasteiger partial charge in [-0.05, 0) is 60.3 Å². The first-order chi connectivity index (χ1) is 6.67. The van der Waals surface area contributed by atoms with Gasteiger partial charge in [0, 0.05) is 11.6 Å². The van der Waals surface area contributed by atoms with Gasteiger partial charge in [-0.3, -0.25) is 0 Å². The van der Waals surface area contributed by atoms with Crippen molar-refractivity contribution in [3.8, 4) is 0 Å². The van der Waals surface area contributed by atoms with Crippen LogP contribution in [-0.2, 0) is 4.74 Å². The molecule has 0 saturated heterocycles. The van der Waals surface area contributed by atoms with Crippen molar-refractivity contribution in [2.24, 2.45) is 5.92 Å². The molecule has 0 amide bonds. The molecular formula is C13H27NO. The van der Waals surface area contributed by atoms with Gasteiger partial charge < -0.3 is 10.1 Å². The normalized spacial score (nSPS) is 20.4. The van der Waals surface area contributed by atoms with Gasteiger partial charge in [0.05, 0.1) is 12.2 Å². The third-order valence-corrected chi connectivity index (χ3v) is 2.51.